The van der Waals surface area contributed by atoms with Crippen LogP contribution in [0.15, 0.2) is 24.5 Å². The molecule has 2 aromatic heterocycles. The Morgan fingerprint density at radius 1 is 1.23 bits per heavy atom. The first-order chi connectivity index (χ1) is 14.8. The first kappa shape index (κ1) is 21.1. The molecule has 0 saturated carbocycles. The third-order valence-electron chi connectivity index (χ3n) is 6.06. The summed E-state index contributed by atoms with van der Waals surface area (Å²) in [4.78, 5) is 23.0. The molecule has 0 aliphatic carbocycles. The van der Waals surface area contributed by atoms with E-state index in [0.29, 0.717) is 24.3 Å². The van der Waals surface area contributed by atoms with Crippen LogP contribution in [0.4, 0.5) is 8.78 Å². The van der Waals surface area contributed by atoms with Crippen molar-refractivity contribution in [2.75, 3.05) is 20.2 Å². The fourth-order valence-corrected chi connectivity index (χ4v) is 4.45. The van der Waals surface area contributed by atoms with Gasteiger partial charge in [0.05, 0.1) is 12.8 Å². The van der Waals surface area contributed by atoms with Crippen molar-refractivity contribution in [1.82, 2.24) is 24.5 Å². The molecule has 4 rings (SSSR count). The molecule has 1 fully saturated rings. The number of carbonyl (C=O) groups is 1. The molecule has 9 heteroatoms. The number of nitrogens with zero attached hydrogens (tertiary/aromatic N) is 5. The normalized spacial score (nSPS) is 19.3. The standard InChI is InChI=1S/C22H25F2N5O2/c1-12-5-6-28(21(30)15-7-13(2)19(31-4)14(3)8-15)10-16(12)18-9-17(20(23)24)27-22-25-11-26-29(18)22/h7-9,11-12,16,20H,5-6,10H2,1-4H3/t12?,16-/m1/s1. The van der Waals surface area contributed by atoms with Crippen LogP contribution in [0.2, 0.25) is 0 Å². The summed E-state index contributed by atoms with van der Waals surface area (Å²) in [5.74, 6) is 0.853. The maximum Gasteiger partial charge on any atom is 0.280 e. The first-order valence-electron chi connectivity index (χ1n) is 10.2. The Labute approximate surface area is 179 Å². The number of amides is 1. The number of hydrogen-bond acceptors (Lipinski definition) is 5. The van der Waals surface area contributed by atoms with Crippen LogP contribution in [0.5, 0.6) is 5.75 Å². The van der Waals surface area contributed by atoms with Gasteiger partial charge in [-0.25, -0.2) is 18.3 Å². The Morgan fingerprint density at radius 2 is 1.94 bits per heavy atom. The minimum Gasteiger partial charge on any atom is -0.496 e. The summed E-state index contributed by atoms with van der Waals surface area (Å²) in [5.41, 5.74) is 2.66. The molecule has 0 spiro atoms. The number of fused-ring (bicyclic) bond motifs is 1. The summed E-state index contributed by atoms with van der Waals surface area (Å²) < 4.78 is 33.7. The lowest BCUT2D eigenvalue weighted by molar-refractivity contribution is 0.0665. The third kappa shape index (κ3) is 3.84. The molecule has 1 aromatic carbocycles. The molecule has 1 aliphatic rings. The number of alkyl halides is 2. The molecule has 1 unspecified atom stereocenters. The van der Waals surface area contributed by atoms with Gasteiger partial charge in [-0.05, 0) is 55.5 Å². The van der Waals surface area contributed by atoms with E-state index >= 15 is 0 Å². The molecular formula is C22H25F2N5O2. The Kier molecular flexibility index (Phi) is 5.60. The van der Waals surface area contributed by atoms with E-state index in [1.54, 1.807) is 12.0 Å². The fraction of sp³-hybridized carbons (Fsp3) is 0.455. The van der Waals surface area contributed by atoms with Crippen molar-refractivity contribution < 1.29 is 18.3 Å². The second-order valence-corrected chi connectivity index (χ2v) is 8.15. The molecule has 0 radical (unpaired) electrons. The van der Waals surface area contributed by atoms with E-state index in [4.69, 9.17) is 4.74 Å². The van der Waals surface area contributed by atoms with E-state index in [-0.39, 0.29) is 29.2 Å². The van der Waals surface area contributed by atoms with E-state index in [2.05, 4.69) is 22.0 Å². The van der Waals surface area contributed by atoms with Crippen LogP contribution in [-0.2, 0) is 0 Å². The van der Waals surface area contributed by atoms with Gasteiger partial charge >= 0.3 is 0 Å². The highest BCUT2D eigenvalue weighted by atomic mass is 19.3. The van der Waals surface area contributed by atoms with Gasteiger partial charge in [0.25, 0.3) is 18.1 Å². The van der Waals surface area contributed by atoms with Gasteiger partial charge in [-0.2, -0.15) is 10.1 Å². The number of ether oxygens (including phenoxy) is 1. The number of aromatic nitrogens is 4. The van der Waals surface area contributed by atoms with E-state index in [1.807, 2.05) is 26.0 Å². The van der Waals surface area contributed by atoms with E-state index < -0.39 is 6.43 Å². The Bertz CT molecular complexity index is 1110. The van der Waals surface area contributed by atoms with Gasteiger partial charge in [-0.15, -0.1) is 0 Å². The van der Waals surface area contributed by atoms with Crippen molar-refractivity contribution in [3.8, 4) is 5.75 Å². The topological polar surface area (TPSA) is 72.6 Å². The van der Waals surface area contributed by atoms with E-state index in [1.165, 1.54) is 16.9 Å². The predicted octanol–water partition coefficient (Wildman–Crippen LogP) is 3.95. The fourth-order valence-electron chi connectivity index (χ4n) is 4.45. The highest BCUT2D eigenvalue weighted by molar-refractivity contribution is 5.95. The minimum absolute atomic E-state index is 0.0799. The summed E-state index contributed by atoms with van der Waals surface area (Å²) in [6, 6.07) is 5.06. The number of rotatable bonds is 4. The van der Waals surface area contributed by atoms with Gasteiger partial charge < -0.3 is 9.64 Å². The Balaban J connectivity index is 1.67. The molecule has 31 heavy (non-hydrogen) atoms. The zero-order valence-electron chi connectivity index (χ0n) is 18.0. The molecule has 0 N–H and O–H groups in total. The molecular weight excluding hydrogens is 404 g/mol. The highest BCUT2D eigenvalue weighted by Crippen LogP contribution is 2.34. The quantitative estimate of drug-likeness (QED) is 0.628. The predicted molar refractivity (Wildman–Crippen MR) is 111 cm³/mol. The van der Waals surface area contributed by atoms with Crippen molar-refractivity contribution >= 4 is 11.7 Å². The average molecular weight is 429 g/mol. The number of methoxy groups -OCH3 is 1. The number of carbonyl (C=O) groups excluding carboxylic acids is 1. The van der Waals surface area contributed by atoms with E-state index in [0.717, 1.165) is 23.3 Å². The molecule has 0 bridgehead atoms. The molecule has 3 heterocycles. The minimum atomic E-state index is -2.71. The van der Waals surface area contributed by atoms with Crippen LogP contribution in [0.3, 0.4) is 0 Å². The SMILES string of the molecule is COc1c(C)cc(C(=O)N2CCC(C)[C@H](c3cc(C(F)F)nc4ncnn34)C2)cc1C. The van der Waals surface area contributed by atoms with Crippen molar-refractivity contribution in [2.45, 2.75) is 39.5 Å². The molecule has 1 saturated heterocycles. The lowest BCUT2D eigenvalue weighted by Crippen LogP contribution is -2.42. The molecule has 1 aliphatic heterocycles. The van der Waals surface area contributed by atoms with Crippen molar-refractivity contribution in [1.29, 1.82) is 0 Å². The number of hydrogen-bond donors (Lipinski definition) is 0. The van der Waals surface area contributed by atoms with Gasteiger partial charge in [0, 0.05) is 24.6 Å². The zero-order chi connectivity index (χ0) is 22.3. The van der Waals surface area contributed by atoms with Crippen LogP contribution in [-0.4, -0.2) is 50.6 Å². The first-order valence-corrected chi connectivity index (χ1v) is 10.2. The van der Waals surface area contributed by atoms with Gasteiger partial charge in [-0.1, -0.05) is 6.92 Å². The Hall–Kier alpha value is -3.10. The zero-order valence-corrected chi connectivity index (χ0v) is 18.0. The van der Waals surface area contributed by atoms with Crippen LogP contribution >= 0.6 is 0 Å². The van der Waals surface area contributed by atoms with Gasteiger partial charge in [0.2, 0.25) is 0 Å². The Morgan fingerprint density at radius 3 is 2.58 bits per heavy atom. The van der Waals surface area contributed by atoms with Crippen LogP contribution in [0.1, 0.15) is 58.6 Å². The number of likely N-dealkylation sites (tertiary alicyclic amines) is 1. The molecule has 7 nitrogen and oxygen atoms in total. The molecule has 1 amide bonds. The summed E-state index contributed by atoms with van der Waals surface area (Å²) in [6.07, 6.45) is -0.643. The van der Waals surface area contributed by atoms with Crippen LogP contribution < -0.4 is 4.74 Å². The van der Waals surface area contributed by atoms with E-state index in [9.17, 15) is 13.6 Å². The van der Waals surface area contributed by atoms with Crippen molar-refractivity contribution in [3.05, 3.63) is 52.6 Å². The summed E-state index contributed by atoms with van der Waals surface area (Å²) in [7, 11) is 1.61. The van der Waals surface area contributed by atoms with Crippen molar-refractivity contribution in [3.63, 3.8) is 0 Å². The monoisotopic (exact) mass is 429 g/mol. The second kappa shape index (κ2) is 8.20. The van der Waals surface area contributed by atoms with Crippen molar-refractivity contribution in [2.24, 2.45) is 5.92 Å². The third-order valence-corrected chi connectivity index (χ3v) is 6.06. The maximum absolute atomic E-state index is 13.4. The molecule has 164 valence electrons. The molecule has 2 atom stereocenters. The number of aryl methyl sites for hydroxylation is 2. The van der Waals surface area contributed by atoms with Gasteiger partial charge in [0.15, 0.2) is 0 Å². The smallest absolute Gasteiger partial charge is 0.280 e. The average Bonchev–Trinajstić information content (AvgIpc) is 3.21. The lowest BCUT2D eigenvalue weighted by atomic mass is 9.84. The van der Waals surface area contributed by atoms with Gasteiger partial charge in [0.1, 0.15) is 17.8 Å². The number of halogens is 2. The lowest BCUT2D eigenvalue weighted by Gasteiger charge is -2.37. The van der Waals surface area contributed by atoms with Crippen LogP contribution in [0, 0.1) is 19.8 Å². The summed E-state index contributed by atoms with van der Waals surface area (Å²) >= 11 is 0. The largest absolute Gasteiger partial charge is 0.496 e. The summed E-state index contributed by atoms with van der Waals surface area (Å²) in [5, 5.41) is 4.18. The van der Waals surface area contributed by atoms with Gasteiger partial charge in [-0.3, -0.25) is 4.79 Å². The maximum atomic E-state index is 13.4. The number of piperidine rings is 1. The second-order valence-electron chi connectivity index (χ2n) is 8.15. The van der Waals surface area contributed by atoms with Crippen LogP contribution in [0.25, 0.3) is 5.78 Å². The summed E-state index contributed by atoms with van der Waals surface area (Å²) in [6.45, 7) is 6.90. The molecule has 3 aromatic rings. The number of benzene rings is 1. The highest BCUT2D eigenvalue weighted by Gasteiger charge is 2.33.